The minimum atomic E-state index is -1.01. The van der Waals surface area contributed by atoms with Gasteiger partial charge >= 0.3 is 23.9 Å². The number of nitrogens with zero attached hydrogens (tertiary/aromatic N) is 2. The second kappa shape index (κ2) is 14.4. The molecule has 6 atom stereocenters. The molecule has 51 heavy (non-hydrogen) atoms. The molecule has 266 valence electrons. The van der Waals surface area contributed by atoms with Crippen LogP contribution in [0.25, 0.3) is 0 Å². The number of fused-ring (bicyclic) bond motifs is 2. The van der Waals surface area contributed by atoms with Crippen molar-refractivity contribution in [2.45, 2.75) is 82.6 Å². The number of halogens is 1. The lowest BCUT2D eigenvalue weighted by molar-refractivity contribution is -0.166. The number of hydrogen-bond acceptors (Lipinski definition) is 12. The Labute approximate surface area is 305 Å². The van der Waals surface area contributed by atoms with E-state index in [1.54, 1.807) is 6.92 Å². The van der Waals surface area contributed by atoms with Crippen LogP contribution in [-0.2, 0) is 70.4 Å². The van der Waals surface area contributed by atoms with Crippen molar-refractivity contribution in [1.82, 2.24) is 9.80 Å². The predicted octanol–water partition coefficient (Wildman–Crippen LogP) is 2.97. The summed E-state index contributed by atoms with van der Waals surface area (Å²) in [6.45, 7) is 1.95. The summed E-state index contributed by atoms with van der Waals surface area (Å²) in [4.78, 5) is 76.1. The van der Waals surface area contributed by atoms with Gasteiger partial charge in [0.15, 0.2) is 24.5 Å². The molecule has 6 fully saturated rings. The Morgan fingerprint density at radius 3 is 1.51 bits per heavy atom. The van der Waals surface area contributed by atoms with Crippen molar-refractivity contribution in [3.05, 3.63) is 94.5 Å². The molecule has 6 heterocycles. The highest BCUT2D eigenvalue weighted by Gasteiger charge is 2.57. The molecule has 6 saturated heterocycles. The van der Waals surface area contributed by atoms with Gasteiger partial charge in [0.1, 0.15) is 36.9 Å². The maximum absolute atomic E-state index is 12.7. The summed E-state index contributed by atoms with van der Waals surface area (Å²) in [5, 5.41) is 0. The zero-order valence-corrected chi connectivity index (χ0v) is 29.5. The van der Waals surface area contributed by atoms with E-state index in [1.165, 1.54) is 9.80 Å². The third-order valence-corrected chi connectivity index (χ3v) is 10.1. The molecule has 2 amide bonds. The first-order valence-electron chi connectivity index (χ1n) is 16.4. The van der Waals surface area contributed by atoms with E-state index in [0.717, 1.165) is 11.1 Å². The monoisotopic (exact) mass is 812 g/mol. The van der Waals surface area contributed by atoms with Gasteiger partial charge in [-0.15, -0.1) is 0 Å². The number of carbonyl (C=O) groups excluding carboxylic acids is 6. The van der Waals surface area contributed by atoms with Crippen LogP contribution in [0.2, 0.25) is 0 Å². The summed E-state index contributed by atoms with van der Waals surface area (Å²) >= 11 is 2.14. The van der Waals surface area contributed by atoms with Crippen LogP contribution < -0.4 is 0 Å². The molecule has 0 bridgehead atoms. The summed E-state index contributed by atoms with van der Waals surface area (Å²) in [7, 11) is 0. The summed E-state index contributed by atoms with van der Waals surface area (Å²) in [6, 6.07) is 16.5. The fraction of sp³-hybridized carbons (Fsp3) is 0.389. The SMILES string of the molecule is CC1C/C(=C2\O[C@@H]3CC(=O)N3C2C(=O)OCc2ccccc2)C(=O)O1.O=C1OC(CI)C/C1=C1\O[C@@H]2CC(=O)N2C1C(=O)OCc1ccccc1. The van der Waals surface area contributed by atoms with Gasteiger partial charge in [0.2, 0.25) is 11.8 Å². The average Bonchev–Trinajstić information content (AvgIpc) is 3.85. The molecule has 0 aromatic heterocycles. The molecule has 0 saturated carbocycles. The molecular formula is C36H33IN2O12. The first-order valence-corrected chi connectivity index (χ1v) is 18.0. The Bertz CT molecular complexity index is 1830. The van der Waals surface area contributed by atoms with Gasteiger partial charge in [-0.1, -0.05) is 83.3 Å². The lowest BCUT2D eigenvalue weighted by Gasteiger charge is -2.33. The number of cyclic esters (lactones) is 2. The quantitative estimate of drug-likeness (QED) is 0.101. The molecule has 2 aromatic carbocycles. The van der Waals surface area contributed by atoms with E-state index in [9.17, 15) is 28.8 Å². The van der Waals surface area contributed by atoms with E-state index in [-0.39, 0.29) is 61.6 Å². The minimum absolute atomic E-state index is 0.0896. The molecule has 14 nitrogen and oxygen atoms in total. The Morgan fingerprint density at radius 2 is 1.12 bits per heavy atom. The lowest BCUT2D eigenvalue weighted by Crippen LogP contribution is -2.55. The van der Waals surface area contributed by atoms with Crippen molar-refractivity contribution in [1.29, 1.82) is 0 Å². The Balaban J connectivity index is 0.000000159. The van der Waals surface area contributed by atoms with Gasteiger partial charge < -0.3 is 28.4 Å². The molecule has 8 rings (SSSR count). The van der Waals surface area contributed by atoms with Gasteiger partial charge in [-0.05, 0) is 18.1 Å². The highest BCUT2D eigenvalue weighted by molar-refractivity contribution is 14.1. The van der Waals surface area contributed by atoms with Crippen LogP contribution in [0.1, 0.15) is 43.7 Å². The van der Waals surface area contributed by atoms with Crippen molar-refractivity contribution >= 4 is 58.3 Å². The standard InChI is InChI=1S/C18H16INO6.C18H17NO6/c19-8-11-6-12(17(22)25-11)16-15(20-13(21)7-14(20)26-16)18(23)24-9-10-4-2-1-3-5-10;1-10-7-12(17(21)24-10)16-15(19-13(20)8-14(19)25-16)18(22)23-9-11-5-3-2-4-6-11/h1-5,11,14-15H,6-9H2;2-6,10,14-15H,7-9H2,1H3/b2*16-12+/t11?,14-,15?;10?,14-,15?/m11/s1. The molecule has 6 aliphatic heterocycles. The van der Waals surface area contributed by atoms with E-state index in [0.29, 0.717) is 28.4 Å². The van der Waals surface area contributed by atoms with Gasteiger partial charge in [0.05, 0.1) is 24.0 Å². The molecular weight excluding hydrogens is 779 g/mol. The van der Waals surface area contributed by atoms with Crippen molar-refractivity contribution in [3.8, 4) is 0 Å². The van der Waals surface area contributed by atoms with Crippen LogP contribution in [0.15, 0.2) is 83.3 Å². The highest BCUT2D eigenvalue weighted by atomic mass is 127. The molecule has 0 N–H and O–H groups in total. The van der Waals surface area contributed by atoms with Gasteiger partial charge in [0.25, 0.3) is 0 Å². The van der Waals surface area contributed by atoms with Crippen molar-refractivity contribution in [2.24, 2.45) is 0 Å². The minimum Gasteiger partial charge on any atom is -0.471 e. The number of hydrogen-bond donors (Lipinski definition) is 0. The van der Waals surface area contributed by atoms with Crippen LogP contribution in [-0.4, -0.2) is 86.7 Å². The molecule has 0 aliphatic carbocycles. The predicted molar refractivity (Wildman–Crippen MR) is 180 cm³/mol. The molecule has 4 unspecified atom stereocenters. The summed E-state index contributed by atoms with van der Waals surface area (Å²) in [5.74, 6) is -2.17. The number of rotatable bonds is 7. The zero-order valence-electron chi connectivity index (χ0n) is 27.4. The highest BCUT2D eigenvalue weighted by Crippen LogP contribution is 2.42. The third-order valence-electron chi connectivity index (χ3n) is 9.13. The van der Waals surface area contributed by atoms with Crippen molar-refractivity contribution < 1.29 is 57.2 Å². The van der Waals surface area contributed by atoms with Crippen LogP contribution >= 0.6 is 22.6 Å². The van der Waals surface area contributed by atoms with Gasteiger partial charge in [-0.25, -0.2) is 19.2 Å². The Kier molecular flexibility index (Phi) is 9.72. The zero-order chi connectivity index (χ0) is 35.8. The normalized spacial score (nSPS) is 30.1. The largest absolute Gasteiger partial charge is 0.471 e. The number of amides is 2. The van der Waals surface area contributed by atoms with Crippen LogP contribution in [0.4, 0.5) is 0 Å². The molecule has 2 aromatic rings. The first kappa shape index (κ1) is 34.5. The summed E-state index contributed by atoms with van der Waals surface area (Å²) in [5.41, 5.74) is 2.32. The summed E-state index contributed by atoms with van der Waals surface area (Å²) in [6.07, 6.45) is -0.408. The topological polar surface area (TPSA) is 164 Å². The van der Waals surface area contributed by atoms with Crippen LogP contribution in [0, 0.1) is 0 Å². The summed E-state index contributed by atoms with van der Waals surface area (Å²) < 4.78 is 33.3. The van der Waals surface area contributed by atoms with E-state index in [2.05, 4.69) is 22.6 Å². The van der Waals surface area contributed by atoms with Gasteiger partial charge in [0, 0.05) is 17.3 Å². The third kappa shape index (κ3) is 6.78. The number of carbonyl (C=O) groups is 6. The number of alkyl halides is 1. The van der Waals surface area contributed by atoms with E-state index in [1.807, 2.05) is 60.7 Å². The first-order chi connectivity index (χ1) is 24.6. The van der Waals surface area contributed by atoms with E-state index >= 15 is 0 Å². The number of ether oxygens (including phenoxy) is 6. The second-order valence-electron chi connectivity index (χ2n) is 12.6. The smallest absolute Gasteiger partial charge is 0.337 e. The fourth-order valence-corrected chi connectivity index (χ4v) is 7.04. The second-order valence-corrected chi connectivity index (χ2v) is 13.5. The van der Waals surface area contributed by atoms with Crippen LogP contribution in [0.3, 0.4) is 0 Å². The van der Waals surface area contributed by atoms with E-state index in [4.69, 9.17) is 28.4 Å². The number of β-lactam (4-membered cyclic amide) rings is 2. The maximum atomic E-state index is 12.7. The molecule has 0 spiro atoms. The van der Waals surface area contributed by atoms with Gasteiger partial charge in [-0.3, -0.25) is 19.4 Å². The van der Waals surface area contributed by atoms with Crippen LogP contribution in [0.5, 0.6) is 0 Å². The van der Waals surface area contributed by atoms with E-state index < -0.39 is 48.4 Å². The van der Waals surface area contributed by atoms with Crippen molar-refractivity contribution in [3.63, 3.8) is 0 Å². The Morgan fingerprint density at radius 1 is 0.667 bits per heavy atom. The Hall–Kier alpha value is -4.93. The molecule has 6 aliphatic rings. The number of esters is 4. The van der Waals surface area contributed by atoms with Gasteiger partial charge in [-0.2, -0.15) is 0 Å². The molecule has 0 radical (unpaired) electrons. The number of benzene rings is 2. The fourth-order valence-electron chi connectivity index (χ4n) is 6.55. The lowest BCUT2D eigenvalue weighted by atomic mass is 10.0. The maximum Gasteiger partial charge on any atom is 0.337 e. The van der Waals surface area contributed by atoms with Crippen molar-refractivity contribution in [2.75, 3.05) is 4.43 Å². The molecule has 15 heteroatoms. The average molecular weight is 813 g/mol.